The first-order valence-corrected chi connectivity index (χ1v) is 14.3. The van der Waals surface area contributed by atoms with Crippen molar-refractivity contribution >= 4 is 27.9 Å². The van der Waals surface area contributed by atoms with Crippen molar-refractivity contribution in [2.45, 2.75) is 32.6 Å². The van der Waals surface area contributed by atoms with Crippen molar-refractivity contribution in [3.8, 4) is 28.5 Å². The Morgan fingerprint density at radius 2 is 1.77 bits per heavy atom. The molecule has 5 aromatic rings. The summed E-state index contributed by atoms with van der Waals surface area (Å²) >= 11 is 1.30. The molecule has 1 aliphatic rings. The van der Waals surface area contributed by atoms with E-state index >= 15 is 0 Å². The van der Waals surface area contributed by atoms with Crippen LogP contribution in [0, 0.1) is 23.1 Å². The second kappa shape index (κ2) is 11.1. The third kappa shape index (κ3) is 5.06. The van der Waals surface area contributed by atoms with Crippen molar-refractivity contribution in [1.82, 2.24) is 29.7 Å². The molecule has 1 N–H and O–H groups in total. The molecule has 0 atom stereocenters. The fraction of sp³-hybridized carbons (Fsp3) is 0.300. The summed E-state index contributed by atoms with van der Waals surface area (Å²) in [6.45, 7) is 4.20. The van der Waals surface area contributed by atoms with Gasteiger partial charge < -0.3 is 10.2 Å². The number of aromatic nitrogens is 5. The van der Waals surface area contributed by atoms with Crippen molar-refractivity contribution < 1.29 is 4.39 Å². The zero-order chi connectivity index (χ0) is 27.6. The minimum Gasteiger partial charge on any atom is -0.317 e. The maximum absolute atomic E-state index is 13.5. The Balaban J connectivity index is 1.33. The van der Waals surface area contributed by atoms with Crippen LogP contribution in [0.1, 0.15) is 36.2 Å². The predicted octanol–water partition coefficient (Wildman–Crippen LogP) is 5.80. The highest BCUT2D eigenvalue weighted by Crippen LogP contribution is 2.37. The predicted molar refractivity (Wildman–Crippen MR) is 155 cm³/mol. The fourth-order valence-corrected chi connectivity index (χ4v) is 6.07. The van der Waals surface area contributed by atoms with Gasteiger partial charge >= 0.3 is 0 Å². The van der Waals surface area contributed by atoms with E-state index in [0.29, 0.717) is 27.2 Å². The number of nitrogens with one attached hydrogen (secondary N) is 1. The van der Waals surface area contributed by atoms with Gasteiger partial charge in [-0.1, -0.05) is 18.3 Å². The first kappa shape index (κ1) is 26.0. The lowest BCUT2D eigenvalue weighted by Crippen LogP contribution is -2.29. The van der Waals surface area contributed by atoms with Crippen LogP contribution in [0.4, 0.5) is 15.3 Å². The van der Waals surface area contributed by atoms with Crippen molar-refractivity contribution in [1.29, 1.82) is 5.26 Å². The number of benzene rings is 1. The van der Waals surface area contributed by atoms with E-state index in [1.807, 2.05) is 36.5 Å². The Kier molecular flexibility index (Phi) is 7.24. The fourth-order valence-electron chi connectivity index (χ4n) is 5.22. The first-order valence-electron chi connectivity index (χ1n) is 13.5. The van der Waals surface area contributed by atoms with Crippen LogP contribution in [0.3, 0.4) is 0 Å². The Morgan fingerprint density at radius 3 is 2.48 bits per heavy atom. The normalized spacial score (nSPS) is 13.9. The number of fused-ring (bicyclic) bond motifs is 1. The van der Waals surface area contributed by atoms with Gasteiger partial charge in [0.05, 0.1) is 5.69 Å². The van der Waals surface area contributed by atoms with Gasteiger partial charge in [0.2, 0.25) is 0 Å². The monoisotopic (exact) mass is 552 g/mol. The van der Waals surface area contributed by atoms with Crippen LogP contribution in [0.15, 0.2) is 55.0 Å². The molecular weight excluding hydrogens is 523 g/mol. The summed E-state index contributed by atoms with van der Waals surface area (Å²) in [6.07, 6.45) is 9.83. The van der Waals surface area contributed by atoms with E-state index in [2.05, 4.69) is 38.9 Å². The Morgan fingerprint density at radius 1 is 1.05 bits per heavy atom. The van der Waals surface area contributed by atoms with Gasteiger partial charge in [-0.2, -0.15) is 5.26 Å². The summed E-state index contributed by atoms with van der Waals surface area (Å²) in [5.74, 6) is 2.08. The van der Waals surface area contributed by atoms with Crippen molar-refractivity contribution in [2.75, 3.05) is 25.0 Å². The van der Waals surface area contributed by atoms with Crippen LogP contribution < -0.4 is 10.2 Å². The summed E-state index contributed by atoms with van der Waals surface area (Å²) < 4.78 is 15.6. The zero-order valence-corrected chi connectivity index (χ0v) is 23.2. The number of hydrogen-bond acceptors (Lipinski definition) is 8. The molecule has 1 saturated heterocycles. The Labute approximate surface area is 236 Å². The molecule has 0 unspecified atom stereocenters. The van der Waals surface area contributed by atoms with E-state index in [0.717, 1.165) is 60.0 Å². The lowest BCUT2D eigenvalue weighted by molar-refractivity contribution is 0.367. The quantitative estimate of drug-likeness (QED) is 0.273. The summed E-state index contributed by atoms with van der Waals surface area (Å²) in [5.41, 5.74) is 4.92. The Hall–Kier alpha value is -4.20. The molecule has 1 aromatic carbocycles. The smallest absolute Gasteiger partial charge is 0.192 e. The van der Waals surface area contributed by atoms with E-state index in [-0.39, 0.29) is 5.82 Å². The van der Waals surface area contributed by atoms with Gasteiger partial charge in [0.15, 0.2) is 5.13 Å². The van der Waals surface area contributed by atoms with Crippen LogP contribution in [0.2, 0.25) is 0 Å². The molecule has 1 fully saturated rings. The number of pyridine rings is 1. The first-order chi connectivity index (χ1) is 19.5. The maximum Gasteiger partial charge on any atom is 0.192 e. The van der Waals surface area contributed by atoms with Gasteiger partial charge in [-0.15, -0.1) is 0 Å². The highest BCUT2D eigenvalue weighted by molar-refractivity contribution is 7.16. The number of imidazole rings is 1. The molecule has 5 heterocycles. The summed E-state index contributed by atoms with van der Waals surface area (Å²) in [7, 11) is 1.93. The number of halogens is 1. The third-order valence-corrected chi connectivity index (χ3v) is 8.44. The molecule has 0 saturated carbocycles. The number of nitrogens with zero attached hydrogens (tertiary/aromatic N) is 7. The average Bonchev–Trinajstić information content (AvgIpc) is 3.59. The maximum atomic E-state index is 13.5. The van der Waals surface area contributed by atoms with E-state index in [1.165, 1.54) is 36.3 Å². The Bertz CT molecular complexity index is 1680. The highest BCUT2D eigenvalue weighted by Gasteiger charge is 2.22. The average molecular weight is 553 g/mol. The van der Waals surface area contributed by atoms with Gasteiger partial charge in [-0.05, 0) is 74.7 Å². The number of thiazole rings is 1. The molecule has 0 bridgehead atoms. The molecule has 40 heavy (non-hydrogen) atoms. The number of nitriles is 1. The van der Waals surface area contributed by atoms with Crippen LogP contribution in [0.5, 0.6) is 0 Å². The van der Waals surface area contributed by atoms with E-state index in [4.69, 9.17) is 9.97 Å². The van der Waals surface area contributed by atoms with E-state index < -0.39 is 0 Å². The topological polar surface area (TPSA) is 95.0 Å². The number of rotatable bonds is 7. The number of aryl methyl sites for hydroxylation is 1. The number of anilines is 2. The molecule has 0 radical (unpaired) electrons. The lowest BCUT2D eigenvalue weighted by atomic mass is 9.94. The van der Waals surface area contributed by atoms with Crippen molar-refractivity contribution in [2.24, 2.45) is 5.92 Å². The largest absolute Gasteiger partial charge is 0.317 e. The molecule has 4 aromatic heterocycles. The number of piperidine rings is 1. The van der Waals surface area contributed by atoms with E-state index in [1.54, 1.807) is 12.1 Å². The van der Waals surface area contributed by atoms with Crippen molar-refractivity contribution in [3.05, 3.63) is 77.2 Å². The van der Waals surface area contributed by atoms with Gasteiger partial charge in [-0.25, -0.2) is 24.3 Å². The standard InChI is InChI=1S/C30H29FN8S/c1-3-24-29(38(2)30-37-28(25(15-32)40-30)20-4-7-23(31)8-5-20)39-18-21(6-9-27(39)36-24)22-16-34-26(35-17-22)14-19-10-12-33-13-11-19/h4-9,16-19,33H,3,10-14H2,1-2H3. The minimum absolute atomic E-state index is 0.328. The zero-order valence-electron chi connectivity index (χ0n) is 22.4. The summed E-state index contributed by atoms with van der Waals surface area (Å²) in [4.78, 5) is 21.5. The molecule has 1 aliphatic heterocycles. The second-order valence-corrected chi connectivity index (χ2v) is 11.0. The molecule has 0 spiro atoms. The van der Waals surface area contributed by atoms with Gasteiger partial charge in [-0.3, -0.25) is 4.40 Å². The molecule has 10 heteroatoms. The minimum atomic E-state index is -0.328. The SMILES string of the molecule is CCc1nc2ccc(-c3cnc(CC4CCNCC4)nc3)cn2c1N(C)c1nc(-c2ccc(F)cc2)c(C#N)s1. The van der Waals surface area contributed by atoms with Crippen LogP contribution in [-0.2, 0) is 12.8 Å². The van der Waals surface area contributed by atoms with Crippen LogP contribution >= 0.6 is 11.3 Å². The molecule has 0 aliphatic carbocycles. The van der Waals surface area contributed by atoms with E-state index in [9.17, 15) is 9.65 Å². The molecular formula is C30H29FN8S. The third-order valence-electron chi connectivity index (χ3n) is 7.41. The van der Waals surface area contributed by atoms with Gasteiger partial charge in [0.1, 0.15) is 39.7 Å². The van der Waals surface area contributed by atoms with Gasteiger partial charge in [0.25, 0.3) is 0 Å². The lowest BCUT2D eigenvalue weighted by Gasteiger charge is -2.21. The molecule has 8 nitrogen and oxygen atoms in total. The van der Waals surface area contributed by atoms with Crippen LogP contribution in [0.25, 0.3) is 28.0 Å². The molecule has 6 rings (SSSR count). The number of hydrogen-bond donors (Lipinski definition) is 1. The molecule has 0 amide bonds. The second-order valence-electron chi connectivity index (χ2n) is 10.0. The summed E-state index contributed by atoms with van der Waals surface area (Å²) in [6, 6.07) is 12.3. The highest BCUT2D eigenvalue weighted by atomic mass is 32.1. The van der Waals surface area contributed by atoms with Crippen LogP contribution in [-0.4, -0.2) is 44.5 Å². The van der Waals surface area contributed by atoms with Gasteiger partial charge in [0, 0.05) is 48.7 Å². The molecule has 202 valence electrons. The van der Waals surface area contributed by atoms with Crippen molar-refractivity contribution in [3.63, 3.8) is 0 Å². The summed E-state index contributed by atoms with van der Waals surface area (Å²) in [5, 5.41) is 13.9.